The number of hydrogen-bond donors (Lipinski definition) is 1. The molecule has 0 saturated carbocycles. The van der Waals surface area contributed by atoms with Crippen molar-refractivity contribution in [2.45, 2.75) is 39.5 Å². The van der Waals surface area contributed by atoms with Gasteiger partial charge in [-0.15, -0.1) is 0 Å². The lowest BCUT2D eigenvalue weighted by Gasteiger charge is -2.15. The molecule has 0 spiro atoms. The van der Waals surface area contributed by atoms with Crippen molar-refractivity contribution >= 4 is 5.97 Å². The van der Waals surface area contributed by atoms with Crippen molar-refractivity contribution in [2.24, 2.45) is 0 Å². The summed E-state index contributed by atoms with van der Waals surface area (Å²) in [5, 5.41) is 8.73. The van der Waals surface area contributed by atoms with Gasteiger partial charge < -0.3 is 19.0 Å². The van der Waals surface area contributed by atoms with Crippen LogP contribution in [0.5, 0.6) is 11.5 Å². The summed E-state index contributed by atoms with van der Waals surface area (Å²) in [6.45, 7) is 5.00. The molecule has 0 saturated heterocycles. The topological polar surface area (TPSA) is 81.8 Å². The maximum Gasteiger partial charge on any atom is 0.416 e. The Hall–Kier alpha value is -3.49. The normalized spacial score (nSPS) is 12.4. The molecule has 32 heavy (non-hydrogen) atoms. The SMILES string of the molecule is CCc1nc(-c2ccc(C(F)(F)F)cc2)oc1C(C)Oc1ccc(OCC(=O)O)c(C)c1. The predicted molar refractivity (Wildman–Crippen MR) is 110 cm³/mol. The van der Waals surface area contributed by atoms with E-state index in [4.69, 9.17) is 19.0 Å². The lowest BCUT2D eigenvalue weighted by atomic mass is 10.1. The molecule has 9 heteroatoms. The van der Waals surface area contributed by atoms with E-state index in [2.05, 4.69) is 4.98 Å². The van der Waals surface area contributed by atoms with Crippen molar-refractivity contribution in [1.29, 1.82) is 0 Å². The maximum atomic E-state index is 12.8. The summed E-state index contributed by atoms with van der Waals surface area (Å²) in [5.41, 5.74) is 1.04. The second-order valence-corrected chi connectivity index (χ2v) is 7.13. The van der Waals surface area contributed by atoms with E-state index in [1.807, 2.05) is 6.92 Å². The molecule has 0 aliphatic heterocycles. The van der Waals surface area contributed by atoms with Gasteiger partial charge in [0.05, 0.1) is 11.3 Å². The molecule has 3 aromatic rings. The average Bonchev–Trinajstić information content (AvgIpc) is 3.17. The molecular weight excluding hydrogens is 427 g/mol. The zero-order chi connectivity index (χ0) is 23.5. The molecule has 0 aliphatic rings. The van der Waals surface area contributed by atoms with E-state index in [9.17, 15) is 18.0 Å². The first kappa shape index (κ1) is 23.2. The number of carbonyl (C=O) groups is 1. The standard InChI is InChI=1S/C23H22F3NO5/c1-4-18-21(32-22(27-18)15-5-7-16(8-6-15)23(24,25)26)14(3)31-17-9-10-19(13(2)11-17)30-12-20(28)29/h5-11,14H,4,12H2,1-3H3,(H,28,29). The van der Waals surface area contributed by atoms with Gasteiger partial charge in [0.15, 0.2) is 18.5 Å². The number of aliphatic carboxylic acids is 1. The summed E-state index contributed by atoms with van der Waals surface area (Å²) in [4.78, 5) is 15.1. The molecule has 1 N–H and O–H groups in total. The number of carboxylic acid groups (broad SMARTS) is 1. The third kappa shape index (κ3) is 5.40. The molecule has 0 bridgehead atoms. The number of oxazole rings is 1. The minimum atomic E-state index is -4.41. The minimum Gasteiger partial charge on any atom is -0.483 e. The summed E-state index contributed by atoms with van der Waals surface area (Å²) in [7, 11) is 0. The van der Waals surface area contributed by atoms with Crippen LogP contribution >= 0.6 is 0 Å². The van der Waals surface area contributed by atoms with Gasteiger partial charge in [-0.3, -0.25) is 0 Å². The molecule has 0 aliphatic carbocycles. The Kier molecular flexibility index (Phi) is 6.76. The van der Waals surface area contributed by atoms with Crippen LogP contribution in [0.2, 0.25) is 0 Å². The lowest BCUT2D eigenvalue weighted by molar-refractivity contribution is -0.139. The highest BCUT2D eigenvalue weighted by molar-refractivity contribution is 5.68. The van der Waals surface area contributed by atoms with Crippen LogP contribution in [0.1, 0.15) is 42.5 Å². The molecule has 0 fully saturated rings. The van der Waals surface area contributed by atoms with Crippen LogP contribution in [-0.4, -0.2) is 22.7 Å². The molecular formula is C23H22F3NO5. The van der Waals surface area contributed by atoms with Crippen LogP contribution in [-0.2, 0) is 17.4 Å². The molecule has 170 valence electrons. The molecule has 0 radical (unpaired) electrons. The van der Waals surface area contributed by atoms with Gasteiger partial charge in [-0.2, -0.15) is 13.2 Å². The Morgan fingerprint density at radius 2 is 1.88 bits per heavy atom. The van der Waals surface area contributed by atoms with Gasteiger partial charge in [-0.05, 0) is 68.3 Å². The highest BCUT2D eigenvalue weighted by Crippen LogP contribution is 2.33. The van der Waals surface area contributed by atoms with Crippen molar-refractivity contribution in [2.75, 3.05) is 6.61 Å². The van der Waals surface area contributed by atoms with Crippen LogP contribution in [0.4, 0.5) is 13.2 Å². The third-order valence-corrected chi connectivity index (χ3v) is 4.70. The highest BCUT2D eigenvalue weighted by atomic mass is 19.4. The van der Waals surface area contributed by atoms with E-state index < -0.39 is 30.4 Å². The molecule has 1 aromatic heterocycles. The Morgan fingerprint density at radius 3 is 2.44 bits per heavy atom. The van der Waals surface area contributed by atoms with Crippen molar-refractivity contribution in [1.82, 2.24) is 4.98 Å². The highest BCUT2D eigenvalue weighted by Gasteiger charge is 2.30. The van der Waals surface area contributed by atoms with E-state index in [-0.39, 0.29) is 5.89 Å². The number of rotatable bonds is 8. The number of alkyl halides is 3. The summed E-state index contributed by atoms with van der Waals surface area (Å²) in [5.74, 6) is 0.582. The smallest absolute Gasteiger partial charge is 0.416 e. The van der Waals surface area contributed by atoms with E-state index >= 15 is 0 Å². The zero-order valence-electron chi connectivity index (χ0n) is 17.7. The van der Waals surface area contributed by atoms with Gasteiger partial charge in [0.25, 0.3) is 0 Å². The number of hydrogen-bond acceptors (Lipinski definition) is 5. The number of carboxylic acids is 1. The molecule has 3 rings (SSSR count). The zero-order valence-corrected chi connectivity index (χ0v) is 17.7. The van der Waals surface area contributed by atoms with Gasteiger partial charge in [-0.1, -0.05) is 6.92 Å². The molecule has 6 nitrogen and oxygen atoms in total. The number of aromatic nitrogens is 1. The summed E-state index contributed by atoms with van der Waals surface area (Å²) >= 11 is 0. The van der Waals surface area contributed by atoms with Crippen LogP contribution in [0.15, 0.2) is 46.9 Å². The predicted octanol–water partition coefficient (Wildman–Crippen LogP) is 5.83. The largest absolute Gasteiger partial charge is 0.483 e. The maximum absolute atomic E-state index is 12.8. The second kappa shape index (κ2) is 9.33. The second-order valence-electron chi connectivity index (χ2n) is 7.13. The molecule has 1 atom stereocenters. The van der Waals surface area contributed by atoms with Crippen molar-refractivity contribution in [3.8, 4) is 23.0 Å². The minimum absolute atomic E-state index is 0.217. The van der Waals surface area contributed by atoms with E-state index in [0.717, 1.165) is 12.1 Å². The molecule has 1 heterocycles. The van der Waals surface area contributed by atoms with Gasteiger partial charge in [0, 0.05) is 5.56 Å². The molecule has 1 unspecified atom stereocenters. The Bertz CT molecular complexity index is 1090. The molecule has 0 amide bonds. The van der Waals surface area contributed by atoms with Gasteiger partial charge in [0.2, 0.25) is 5.89 Å². The number of aryl methyl sites for hydroxylation is 2. The Balaban J connectivity index is 1.78. The fourth-order valence-corrected chi connectivity index (χ4v) is 3.11. The van der Waals surface area contributed by atoms with Gasteiger partial charge >= 0.3 is 12.1 Å². The summed E-state index contributed by atoms with van der Waals surface area (Å²) < 4.78 is 55.4. The summed E-state index contributed by atoms with van der Waals surface area (Å²) in [6.07, 6.45) is -4.39. The van der Waals surface area contributed by atoms with Gasteiger partial charge in [-0.25, -0.2) is 9.78 Å². The monoisotopic (exact) mass is 449 g/mol. The third-order valence-electron chi connectivity index (χ3n) is 4.70. The lowest BCUT2D eigenvalue weighted by Crippen LogP contribution is -2.10. The Labute approximate surface area is 182 Å². The van der Waals surface area contributed by atoms with Crippen molar-refractivity contribution < 1.29 is 37.0 Å². The first-order chi connectivity index (χ1) is 15.1. The number of ether oxygens (including phenoxy) is 2. The van der Waals surface area contributed by atoms with Crippen LogP contribution in [0, 0.1) is 6.92 Å². The van der Waals surface area contributed by atoms with Crippen LogP contribution in [0.3, 0.4) is 0 Å². The summed E-state index contributed by atoms with van der Waals surface area (Å²) in [6, 6.07) is 9.61. The Morgan fingerprint density at radius 1 is 1.19 bits per heavy atom. The first-order valence-electron chi connectivity index (χ1n) is 9.87. The quantitative estimate of drug-likeness (QED) is 0.466. The first-order valence-corrected chi connectivity index (χ1v) is 9.87. The number of halogens is 3. The average molecular weight is 449 g/mol. The van der Waals surface area contributed by atoms with Gasteiger partial charge in [0.1, 0.15) is 11.5 Å². The van der Waals surface area contributed by atoms with Crippen molar-refractivity contribution in [3.63, 3.8) is 0 Å². The number of nitrogens with zero attached hydrogens (tertiary/aromatic N) is 1. The van der Waals surface area contributed by atoms with Crippen LogP contribution < -0.4 is 9.47 Å². The van der Waals surface area contributed by atoms with E-state index in [1.54, 1.807) is 32.0 Å². The molecule has 2 aromatic carbocycles. The van der Waals surface area contributed by atoms with Crippen molar-refractivity contribution in [3.05, 3.63) is 65.0 Å². The van der Waals surface area contributed by atoms with E-state index in [0.29, 0.717) is 40.5 Å². The van der Waals surface area contributed by atoms with E-state index in [1.165, 1.54) is 12.1 Å². The fraction of sp³-hybridized carbons (Fsp3) is 0.304. The number of benzene rings is 2. The van der Waals surface area contributed by atoms with Crippen LogP contribution in [0.25, 0.3) is 11.5 Å². The fourth-order valence-electron chi connectivity index (χ4n) is 3.11.